The van der Waals surface area contributed by atoms with Crippen LogP contribution >= 0.6 is 0 Å². The molecular formula is C37H29N. The van der Waals surface area contributed by atoms with Crippen LogP contribution in [0.15, 0.2) is 140 Å². The Kier molecular flexibility index (Phi) is 5.19. The Morgan fingerprint density at radius 2 is 1.03 bits per heavy atom. The van der Waals surface area contributed by atoms with E-state index in [4.69, 9.17) is 0 Å². The molecule has 6 aromatic carbocycles. The maximum atomic E-state index is 2.40. The quantitative estimate of drug-likeness (QED) is 0.239. The molecule has 1 aliphatic carbocycles. The van der Waals surface area contributed by atoms with Crippen LogP contribution in [-0.4, -0.2) is 0 Å². The predicted octanol–water partition coefficient (Wildman–Crippen LogP) is 10.3. The van der Waals surface area contributed by atoms with Crippen molar-refractivity contribution in [3.8, 4) is 22.3 Å². The number of fused-ring (bicyclic) bond motifs is 4. The summed E-state index contributed by atoms with van der Waals surface area (Å²) < 4.78 is 0. The van der Waals surface area contributed by atoms with E-state index in [-0.39, 0.29) is 5.41 Å². The molecule has 38 heavy (non-hydrogen) atoms. The van der Waals surface area contributed by atoms with Crippen molar-refractivity contribution >= 4 is 27.8 Å². The molecule has 1 nitrogen and oxygen atoms in total. The van der Waals surface area contributed by atoms with Crippen LogP contribution in [0.25, 0.3) is 33.0 Å². The summed E-state index contributed by atoms with van der Waals surface area (Å²) in [6.07, 6.45) is 0. The highest BCUT2D eigenvalue weighted by Crippen LogP contribution is 2.50. The lowest BCUT2D eigenvalue weighted by atomic mass is 9.82. The zero-order chi connectivity index (χ0) is 25.7. The van der Waals surface area contributed by atoms with E-state index >= 15 is 0 Å². The zero-order valence-corrected chi connectivity index (χ0v) is 21.7. The van der Waals surface area contributed by atoms with Gasteiger partial charge in [-0.25, -0.2) is 0 Å². The van der Waals surface area contributed by atoms with Gasteiger partial charge in [0, 0.05) is 22.5 Å². The Balaban J connectivity index is 1.36. The summed E-state index contributed by atoms with van der Waals surface area (Å²) in [6.45, 7) is 4.68. The fourth-order valence-corrected chi connectivity index (χ4v) is 6.03. The molecule has 0 saturated carbocycles. The van der Waals surface area contributed by atoms with Gasteiger partial charge in [0.25, 0.3) is 0 Å². The fourth-order valence-electron chi connectivity index (χ4n) is 6.03. The molecule has 0 radical (unpaired) electrons. The Hall–Kier alpha value is -4.62. The summed E-state index contributed by atoms with van der Waals surface area (Å²) in [7, 11) is 0. The molecule has 6 aromatic rings. The third-order valence-corrected chi connectivity index (χ3v) is 8.03. The van der Waals surface area contributed by atoms with Crippen LogP contribution in [0.1, 0.15) is 25.0 Å². The molecule has 0 amide bonds. The van der Waals surface area contributed by atoms with Crippen LogP contribution in [0.4, 0.5) is 17.1 Å². The first-order valence-corrected chi connectivity index (χ1v) is 13.3. The second-order valence-corrected chi connectivity index (χ2v) is 10.7. The third kappa shape index (κ3) is 3.63. The summed E-state index contributed by atoms with van der Waals surface area (Å²) in [5.41, 5.74) is 11.4. The minimum absolute atomic E-state index is 0.00929. The number of para-hydroxylation sites is 1. The van der Waals surface area contributed by atoms with E-state index in [0.717, 1.165) is 17.1 Å². The van der Waals surface area contributed by atoms with Crippen LogP contribution in [0.2, 0.25) is 0 Å². The zero-order valence-electron chi connectivity index (χ0n) is 21.7. The van der Waals surface area contributed by atoms with Crippen molar-refractivity contribution in [1.82, 2.24) is 0 Å². The van der Waals surface area contributed by atoms with E-state index in [1.165, 1.54) is 44.2 Å². The van der Waals surface area contributed by atoms with Gasteiger partial charge in [0.05, 0.1) is 0 Å². The van der Waals surface area contributed by atoms with Crippen molar-refractivity contribution in [2.75, 3.05) is 4.90 Å². The van der Waals surface area contributed by atoms with Gasteiger partial charge in [0.15, 0.2) is 0 Å². The van der Waals surface area contributed by atoms with Crippen molar-refractivity contribution in [3.05, 3.63) is 151 Å². The highest BCUT2D eigenvalue weighted by Gasteiger charge is 2.35. The van der Waals surface area contributed by atoms with E-state index in [1.807, 2.05) is 0 Å². The number of benzene rings is 6. The second kappa shape index (κ2) is 8.75. The summed E-state index contributed by atoms with van der Waals surface area (Å²) in [5.74, 6) is 0. The number of nitrogens with zero attached hydrogens (tertiary/aromatic N) is 1. The third-order valence-electron chi connectivity index (χ3n) is 8.03. The molecule has 0 aliphatic heterocycles. The summed E-state index contributed by atoms with van der Waals surface area (Å²) in [6, 6.07) is 50.6. The predicted molar refractivity (Wildman–Crippen MR) is 162 cm³/mol. The topological polar surface area (TPSA) is 3.24 Å². The minimum atomic E-state index is 0.00929. The molecule has 0 saturated heterocycles. The molecule has 1 aliphatic rings. The summed E-state index contributed by atoms with van der Waals surface area (Å²) >= 11 is 0. The van der Waals surface area contributed by atoms with E-state index < -0.39 is 0 Å². The second-order valence-electron chi connectivity index (χ2n) is 10.7. The summed E-state index contributed by atoms with van der Waals surface area (Å²) in [4.78, 5) is 2.35. The van der Waals surface area contributed by atoms with Crippen molar-refractivity contribution in [2.24, 2.45) is 0 Å². The first-order valence-electron chi connectivity index (χ1n) is 13.3. The molecule has 0 spiro atoms. The van der Waals surface area contributed by atoms with Crippen LogP contribution in [-0.2, 0) is 5.41 Å². The molecule has 0 atom stereocenters. The first kappa shape index (κ1) is 22.6. The Bertz CT molecular complexity index is 1760. The average Bonchev–Trinajstić information content (AvgIpc) is 3.19. The lowest BCUT2D eigenvalue weighted by Crippen LogP contribution is -2.14. The van der Waals surface area contributed by atoms with Crippen molar-refractivity contribution in [3.63, 3.8) is 0 Å². The summed E-state index contributed by atoms with van der Waals surface area (Å²) in [5, 5.41) is 2.54. The van der Waals surface area contributed by atoms with Crippen molar-refractivity contribution in [1.29, 1.82) is 0 Å². The van der Waals surface area contributed by atoms with E-state index in [2.05, 4.69) is 158 Å². The van der Waals surface area contributed by atoms with Crippen molar-refractivity contribution in [2.45, 2.75) is 19.3 Å². The van der Waals surface area contributed by atoms with Crippen molar-refractivity contribution < 1.29 is 0 Å². The lowest BCUT2D eigenvalue weighted by Gasteiger charge is -2.26. The molecule has 0 unspecified atom stereocenters. The molecule has 0 fully saturated rings. The van der Waals surface area contributed by atoms with Crippen LogP contribution in [0.5, 0.6) is 0 Å². The Morgan fingerprint density at radius 3 is 1.79 bits per heavy atom. The molecule has 0 N–H and O–H groups in total. The van der Waals surface area contributed by atoms with E-state index in [9.17, 15) is 0 Å². The Labute approximate surface area is 224 Å². The average molecular weight is 488 g/mol. The molecular weight excluding hydrogens is 458 g/mol. The number of hydrogen-bond acceptors (Lipinski definition) is 1. The maximum absolute atomic E-state index is 2.40. The maximum Gasteiger partial charge on any atom is 0.0468 e. The first-order chi connectivity index (χ1) is 18.6. The van der Waals surface area contributed by atoms with Gasteiger partial charge >= 0.3 is 0 Å². The van der Waals surface area contributed by atoms with Gasteiger partial charge in [-0.1, -0.05) is 105 Å². The number of rotatable bonds is 4. The SMILES string of the molecule is CC1(C)c2ccccc2-c2cc3cc(N(c4ccccc4)c4ccc(-c5ccccc5)cc4)ccc3cc21. The van der Waals surface area contributed by atoms with Gasteiger partial charge in [-0.15, -0.1) is 0 Å². The molecule has 1 heteroatoms. The van der Waals surface area contributed by atoms with Gasteiger partial charge < -0.3 is 4.90 Å². The Morgan fingerprint density at radius 1 is 0.421 bits per heavy atom. The van der Waals surface area contributed by atoms with Gasteiger partial charge in [-0.3, -0.25) is 0 Å². The molecule has 7 rings (SSSR count). The normalized spacial score (nSPS) is 13.2. The van der Waals surface area contributed by atoms with Gasteiger partial charge in [0.1, 0.15) is 0 Å². The van der Waals surface area contributed by atoms with Gasteiger partial charge in [-0.05, 0) is 92.7 Å². The lowest BCUT2D eigenvalue weighted by molar-refractivity contribution is 0.661. The standard InChI is InChI=1S/C37H29N/c1-37(2)35-16-10-9-15-33(35)34-24-29-23-32(22-19-28(29)25-36(34)37)38(30-13-7-4-8-14-30)31-20-17-27(18-21-31)26-11-5-3-6-12-26/h3-25H,1-2H3. The largest absolute Gasteiger partial charge is 0.310 e. The van der Waals surface area contributed by atoms with E-state index in [0.29, 0.717) is 0 Å². The molecule has 0 aromatic heterocycles. The van der Waals surface area contributed by atoms with Gasteiger partial charge in [-0.2, -0.15) is 0 Å². The highest BCUT2D eigenvalue weighted by molar-refractivity contribution is 5.96. The fraction of sp³-hybridized carbons (Fsp3) is 0.0811. The highest BCUT2D eigenvalue weighted by atomic mass is 15.1. The minimum Gasteiger partial charge on any atom is -0.310 e. The molecule has 0 bridgehead atoms. The van der Waals surface area contributed by atoms with Gasteiger partial charge in [0.2, 0.25) is 0 Å². The molecule has 182 valence electrons. The van der Waals surface area contributed by atoms with Crippen LogP contribution < -0.4 is 4.90 Å². The van der Waals surface area contributed by atoms with Crippen LogP contribution in [0, 0.1) is 0 Å². The van der Waals surface area contributed by atoms with Crippen LogP contribution in [0.3, 0.4) is 0 Å². The molecule has 0 heterocycles. The number of hydrogen-bond donors (Lipinski definition) is 0. The smallest absolute Gasteiger partial charge is 0.0468 e. The number of anilines is 3. The van der Waals surface area contributed by atoms with E-state index in [1.54, 1.807) is 0 Å². The monoisotopic (exact) mass is 487 g/mol.